The number of aromatic amines is 1. The fourth-order valence-electron chi connectivity index (χ4n) is 1.02. The SMILES string of the molecule is Cc1[nH]c(C(=O)Cl)cc(=O)c1OC(F)(F)F. The number of hydrogen-bond donors (Lipinski definition) is 1. The van der Waals surface area contributed by atoms with Crippen molar-refractivity contribution in [3.63, 3.8) is 0 Å². The maximum Gasteiger partial charge on any atom is 0.573 e. The van der Waals surface area contributed by atoms with Gasteiger partial charge in [-0.3, -0.25) is 9.59 Å². The van der Waals surface area contributed by atoms with Crippen molar-refractivity contribution in [1.29, 1.82) is 0 Å². The summed E-state index contributed by atoms with van der Waals surface area (Å²) in [6.45, 7) is 1.16. The minimum absolute atomic E-state index is 0.228. The Bertz CT molecular complexity index is 480. The Morgan fingerprint density at radius 3 is 2.44 bits per heavy atom. The normalized spacial score (nSPS) is 11.3. The number of carbonyl (C=O) groups is 1. The van der Waals surface area contributed by atoms with Gasteiger partial charge in [-0.2, -0.15) is 0 Å². The molecule has 0 bridgehead atoms. The van der Waals surface area contributed by atoms with Gasteiger partial charge < -0.3 is 9.72 Å². The van der Waals surface area contributed by atoms with Gasteiger partial charge in [0.2, 0.25) is 5.43 Å². The number of halogens is 4. The van der Waals surface area contributed by atoms with Gasteiger partial charge in [-0.15, -0.1) is 13.2 Å². The van der Waals surface area contributed by atoms with Crippen LogP contribution < -0.4 is 10.2 Å². The zero-order chi connectivity index (χ0) is 12.5. The molecular weight excluding hydrogens is 251 g/mol. The summed E-state index contributed by atoms with van der Waals surface area (Å²) in [5.74, 6) is -0.908. The van der Waals surface area contributed by atoms with Crippen molar-refractivity contribution in [3.8, 4) is 5.75 Å². The molecule has 0 aliphatic carbocycles. The van der Waals surface area contributed by atoms with Crippen molar-refractivity contribution in [2.24, 2.45) is 0 Å². The van der Waals surface area contributed by atoms with E-state index in [0.717, 1.165) is 6.92 Å². The summed E-state index contributed by atoms with van der Waals surface area (Å²) in [6, 6.07) is 0.642. The van der Waals surface area contributed by atoms with Crippen molar-refractivity contribution in [1.82, 2.24) is 4.98 Å². The van der Waals surface area contributed by atoms with Crippen LogP contribution in [0.3, 0.4) is 0 Å². The van der Waals surface area contributed by atoms with E-state index in [2.05, 4.69) is 9.72 Å². The van der Waals surface area contributed by atoms with E-state index in [4.69, 9.17) is 11.6 Å². The third-order valence-electron chi connectivity index (χ3n) is 1.59. The number of aromatic nitrogens is 1. The second-order valence-corrected chi connectivity index (χ2v) is 3.17. The number of pyridine rings is 1. The van der Waals surface area contributed by atoms with E-state index >= 15 is 0 Å². The summed E-state index contributed by atoms with van der Waals surface area (Å²) < 4.78 is 39.2. The van der Waals surface area contributed by atoms with Crippen LogP contribution in [0.2, 0.25) is 0 Å². The average molecular weight is 256 g/mol. The molecule has 1 N–H and O–H groups in total. The maximum atomic E-state index is 11.9. The third kappa shape index (κ3) is 2.99. The summed E-state index contributed by atoms with van der Waals surface area (Å²) in [5.41, 5.74) is -1.59. The number of aryl methyl sites for hydroxylation is 1. The molecule has 0 fully saturated rings. The van der Waals surface area contributed by atoms with E-state index in [0.29, 0.717) is 6.07 Å². The zero-order valence-corrected chi connectivity index (χ0v) is 8.57. The maximum absolute atomic E-state index is 11.9. The Morgan fingerprint density at radius 1 is 1.50 bits per heavy atom. The smallest absolute Gasteiger partial charge is 0.400 e. The zero-order valence-electron chi connectivity index (χ0n) is 7.81. The van der Waals surface area contributed by atoms with Gasteiger partial charge in [-0.05, 0) is 18.5 Å². The van der Waals surface area contributed by atoms with E-state index < -0.39 is 22.8 Å². The fourth-order valence-corrected chi connectivity index (χ4v) is 1.13. The second-order valence-electron chi connectivity index (χ2n) is 2.82. The molecule has 0 unspecified atom stereocenters. The quantitative estimate of drug-likeness (QED) is 0.822. The van der Waals surface area contributed by atoms with E-state index in [-0.39, 0.29) is 11.4 Å². The Morgan fingerprint density at radius 2 is 2.06 bits per heavy atom. The van der Waals surface area contributed by atoms with Crippen molar-refractivity contribution >= 4 is 16.8 Å². The van der Waals surface area contributed by atoms with Gasteiger partial charge in [0.05, 0.1) is 5.69 Å². The lowest BCUT2D eigenvalue weighted by atomic mass is 10.3. The molecule has 1 aromatic rings. The summed E-state index contributed by atoms with van der Waals surface area (Å²) in [4.78, 5) is 24.1. The molecule has 0 atom stereocenters. The van der Waals surface area contributed by atoms with Crippen LogP contribution >= 0.6 is 11.6 Å². The predicted molar refractivity (Wildman–Crippen MR) is 48.7 cm³/mol. The molecule has 88 valence electrons. The van der Waals surface area contributed by atoms with Crippen LogP contribution in [-0.4, -0.2) is 16.6 Å². The van der Waals surface area contributed by atoms with Crippen molar-refractivity contribution in [3.05, 3.63) is 27.7 Å². The Balaban J connectivity index is 3.24. The standard InChI is InChI=1S/C8H5ClF3NO3/c1-3-6(16-8(10,11)12)5(14)2-4(13-3)7(9)15/h2H,1H3,(H,13,14). The monoisotopic (exact) mass is 255 g/mol. The Hall–Kier alpha value is -1.50. The van der Waals surface area contributed by atoms with E-state index in [1.807, 2.05) is 0 Å². The van der Waals surface area contributed by atoms with Gasteiger partial charge in [0.25, 0.3) is 5.24 Å². The first-order valence-electron chi connectivity index (χ1n) is 3.90. The lowest BCUT2D eigenvalue weighted by Gasteiger charge is -2.10. The first kappa shape index (κ1) is 12.6. The predicted octanol–water partition coefficient (Wildman–Crippen LogP) is 1.96. The lowest BCUT2D eigenvalue weighted by Crippen LogP contribution is -2.23. The van der Waals surface area contributed by atoms with Gasteiger partial charge in [0.15, 0.2) is 5.75 Å². The van der Waals surface area contributed by atoms with Gasteiger partial charge >= 0.3 is 6.36 Å². The van der Waals surface area contributed by atoms with Gasteiger partial charge in [-0.25, -0.2) is 0 Å². The van der Waals surface area contributed by atoms with E-state index in [1.165, 1.54) is 0 Å². The van der Waals surface area contributed by atoms with Crippen molar-refractivity contribution in [2.45, 2.75) is 13.3 Å². The van der Waals surface area contributed by atoms with Gasteiger partial charge in [-0.1, -0.05) is 0 Å². The van der Waals surface area contributed by atoms with Crippen LogP contribution in [0.1, 0.15) is 16.2 Å². The number of alkyl halides is 3. The molecule has 0 amide bonds. The number of nitrogens with one attached hydrogen (secondary N) is 1. The molecule has 0 saturated heterocycles. The molecule has 1 rings (SSSR count). The minimum Gasteiger partial charge on any atom is -0.400 e. The van der Waals surface area contributed by atoms with Crippen LogP contribution in [-0.2, 0) is 0 Å². The number of H-pyrrole nitrogens is 1. The highest BCUT2D eigenvalue weighted by Gasteiger charge is 2.33. The highest BCUT2D eigenvalue weighted by atomic mass is 35.5. The first-order valence-corrected chi connectivity index (χ1v) is 4.28. The molecule has 1 aromatic heterocycles. The summed E-state index contributed by atoms with van der Waals surface area (Å²) in [7, 11) is 0. The molecule has 8 heteroatoms. The van der Waals surface area contributed by atoms with Crippen molar-refractivity contribution in [2.75, 3.05) is 0 Å². The molecular formula is C8H5ClF3NO3. The highest BCUT2D eigenvalue weighted by molar-refractivity contribution is 6.67. The lowest BCUT2D eigenvalue weighted by molar-refractivity contribution is -0.275. The second kappa shape index (κ2) is 4.17. The third-order valence-corrected chi connectivity index (χ3v) is 1.80. The molecule has 0 saturated carbocycles. The average Bonchev–Trinajstić information content (AvgIpc) is 2.09. The van der Waals surface area contributed by atoms with Crippen LogP contribution in [0, 0.1) is 6.92 Å². The van der Waals surface area contributed by atoms with Crippen LogP contribution in [0.15, 0.2) is 10.9 Å². The number of hydrogen-bond acceptors (Lipinski definition) is 3. The first-order chi connectivity index (χ1) is 7.20. The summed E-state index contributed by atoms with van der Waals surface area (Å²) in [6.07, 6.45) is -4.97. The van der Waals surface area contributed by atoms with E-state index in [9.17, 15) is 22.8 Å². The Kier molecular flexibility index (Phi) is 3.27. The minimum atomic E-state index is -4.97. The summed E-state index contributed by atoms with van der Waals surface area (Å²) >= 11 is 5.06. The summed E-state index contributed by atoms with van der Waals surface area (Å²) in [5, 5.41) is -0.973. The largest absolute Gasteiger partial charge is 0.573 e. The fraction of sp³-hybridized carbons (Fsp3) is 0.250. The van der Waals surface area contributed by atoms with Crippen molar-refractivity contribution < 1.29 is 22.7 Å². The highest BCUT2D eigenvalue weighted by Crippen LogP contribution is 2.21. The molecule has 0 radical (unpaired) electrons. The number of rotatable bonds is 2. The molecule has 4 nitrogen and oxygen atoms in total. The topological polar surface area (TPSA) is 59.2 Å². The number of ether oxygens (including phenoxy) is 1. The van der Waals surface area contributed by atoms with Gasteiger partial charge in [0.1, 0.15) is 5.69 Å². The molecule has 16 heavy (non-hydrogen) atoms. The van der Waals surface area contributed by atoms with Gasteiger partial charge in [0, 0.05) is 6.07 Å². The number of carbonyl (C=O) groups excluding carboxylic acids is 1. The Labute approximate surface area is 92.0 Å². The molecule has 1 heterocycles. The molecule has 0 aliphatic rings. The van der Waals surface area contributed by atoms with Crippen LogP contribution in [0.4, 0.5) is 13.2 Å². The van der Waals surface area contributed by atoms with E-state index in [1.54, 1.807) is 0 Å². The molecule has 0 aliphatic heterocycles. The molecule has 0 spiro atoms. The van der Waals surface area contributed by atoms with Crippen LogP contribution in [0.25, 0.3) is 0 Å². The van der Waals surface area contributed by atoms with Crippen LogP contribution in [0.5, 0.6) is 5.75 Å². The molecule has 0 aromatic carbocycles.